The fraction of sp³-hybridized carbons (Fsp3) is 0.364. The molecule has 0 aliphatic rings. The molecule has 0 aliphatic heterocycles. The monoisotopic (exact) mass is 355 g/mol. The summed E-state index contributed by atoms with van der Waals surface area (Å²) in [6.45, 7) is 0.0835. The number of methoxy groups -OCH3 is 1. The van der Waals surface area contributed by atoms with Gasteiger partial charge in [0.25, 0.3) is 11.8 Å². The van der Waals surface area contributed by atoms with Crippen LogP contribution in [0, 0.1) is 3.57 Å². The number of hydrogen-bond acceptors (Lipinski definition) is 2. The first-order valence-corrected chi connectivity index (χ1v) is 5.91. The van der Waals surface area contributed by atoms with Gasteiger partial charge in [0.2, 0.25) is 0 Å². The topological polar surface area (TPSA) is 38.3 Å². The summed E-state index contributed by atoms with van der Waals surface area (Å²) >= 11 is 1.96. The molecule has 0 unspecified atom stereocenters. The van der Waals surface area contributed by atoms with E-state index in [2.05, 4.69) is 5.32 Å². The van der Waals surface area contributed by atoms with E-state index in [4.69, 9.17) is 4.74 Å². The third kappa shape index (κ3) is 4.45. The van der Waals surface area contributed by atoms with Crippen LogP contribution in [-0.2, 0) is 0 Å². The molecule has 1 aromatic carbocycles. The number of ether oxygens (including phenoxy) is 1. The molecular formula is C11H12F2INO2. The predicted molar refractivity (Wildman–Crippen MR) is 68.7 cm³/mol. The van der Waals surface area contributed by atoms with Crippen molar-refractivity contribution in [1.29, 1.82) is 0 Å². The number of benzene rings is 1. The molecule has 0 atom stereocenters. The van der Waals surface area contributed by atoms with Crippen molar-refractivity contribution in [1.82, 2.24) is 5.32 Å². The normalized spacial score (nSPS) is 11.1. The van der Waals surface area contributed by atoms with Gasteiger partial charge < -0.3 is 10.1 Å². The van der Waals surface area contributed by atoms with Crippen LogP contribution in [0.4, 0.5) is 8.78 Å². The van der Waals surface area contributed by atoms with E-state index in [0.717, 1.165) is 6.92 Å². The second kappa shape index (κ2) is 5.61. The summed E-state index contributed by atoms with van der Waals surface area (Å²) < 4.78 is 30.8. The molecule has 6 heteroatoms. The van der Waals surface area contributed by atoms with Crippen LogP contribution in [0.25, 0.3) is 0 Å². The van der Waals surface area contributed by atoms with E-state index in [1.165, 1.54) is 7.11 Å². The zero-order valence-corrected chi connectivity index (χ0v) is 11.5. The van der Waals surface area contributed by atoms with Crippen LogP contribution in [0.3, 0.4) is 0 Å². The van der Waals surface area contributed by atoms with Gasteiger partial charge in [-0.15, -0.1) is 0 Å². The van der Waals surface area contributed by atoms with Crippen LogP contribution in [0.1, 0.15) is 17.3 Å². The third-order valence-corrected chi connectivity index (χ3v) is 2.87. The quantitative estimate of drug-likeness (QED) is 0.844. The Balaban J connectivity index is 2.76. The molecule has 1 N–H and O–H groups in total. The molecule has 0 spiro atoms. The van der Waals surface area contributed by atoms with Crippen molar-refractivity contribution in [2.75, 3.05) is 13.7 Å². The summed E-state index contributed by atoms with van der Waals surface area (Å²) in [5.41, 5.74) is 0.357. The minimum Gasteiger partial charge on any atom is -0.497 e. The predicted octanol–water partition coefficient (Wildman–Crippen LogP) is 2.68. The van der Waals surface area contributed by atoms with Gasteiger partial charge in [0.1, 0.15) is 5.75 Å². The smallest absolute Gasteiger partial charge is 0.262 e. The van der Waals surface area contributed by atoms with Crippen molar-refractivity contribution in [3.05, 3.63) is 27.3 Å². The van der Waals surface area contributed by atoms with E-state index < -0.39 is 18.4 Å². The number of nitrogens with one attached hydrogen (secondary N) is 1. The van der Waals surface area contributed by atoms with Crippen LogP contribution >= 0.6 is 22.6 Å². The summed E-state index contributed by atoms with van der Waals surface area (Å²) in [4.78, 5) is 11.6. The highest BCUT2D eigenvalue weighted by Gasteiger charge is 2.22. The third-order valence-electron chi connectivity index (χ3n) is 1.98. The van der Waals surface area contributed by atoms with E-state index >= 15 is 0 Å². The minimum absolute atomic E-state index is 0.357. The number of hydrogen-bond donors (Lipinski definition) is 1. The molecule has 0 aliphatic carbocycles. The van der Waals surface area contributed by atoms with Gasteiger partial charge in [-0.25, -0.2) is 8.78 Å². The molecule has 1 rings (SSSR count). The molecule has 3 nitrogen and oxygen atoms in total. The average molecular weight is 355 g/mol. The Bertz CT molecular complexity index is 418. The lowest BCUT2D eigenvalue weighted by Gasteiger charge is -2.12. The number of carbonyl (C=O) groups excluding carboxylic acids is 1. The van der Waals surface area contributed by atoms with Crippen LogP contribution in [0.15, 0.2) is 18.2 Å². The van der Waals surface area contributed by atoms with E-state index in [0.29, 0.717) is 14.9 Å². The highest BCUT2D eigenvalue weighted by atomic mass is 127. The van der Waals surface area contributed by atoms with Crippen molar-refractivity contribution in [3.63, 3.8) is 0 Å². The van der Waals surface area contributed by atoms with Crippen LogP contribution < -0.4 is 10.1 Å². The van der Waals surface area contributed by atoms with Gasteiger partial charge in [-0.3, -0.25) is 4.79 Å². The minimum atomic E-state index is -2.91. The van der Waals surface area contributed by atoms with Crippen LogP contribution in [0.5, 0.6) is 5.75 Å². The maximum atomic E-state index is 12.6. The van der Waals surface area contributed by atoms with E-state index in [1.807, 2.05) is 22.6 Å². The first kappa shape index (κ1) is 14.1. The summed E-state index contributed by atoms with van der Waals surface area (Å²) in [5, 5.41) is 2.18. The van der Waals surface area contributed by atoms with Crippen molar-refractivity contribution in [3.8, 4) is 5.75 Å². The molecule has 94 valence electrons. The van der Waals surface area contributed by atoms with Gasteiger partial charge in [0.05, 0.1) is 19.2 Å². The maximum absolute atomic E-state index is 12.6. The number of alkyl halides is 2. The molecule has 0 aromatic heterocycles. The van der Waals surface area contributed by atoms with Gasteiger partial charge in [-0.1, -0.05) is 0 Å². The molecule has 0 heterocycles. The van der Waals surface area contributed by atoms with Gasteiger partial charge in [0.15, 0.2) is 0 Å². The Hall–Kier alpha value is -0.920. The fourth-order valence-corrected chi connectivity index (χ4v) is 1.87. The maximum Gasteiger partial charge on any atom is 0.262 e. The number of carbonyl (C=O) groups is 1. The zero-order chi connectivity index (χ0) is 13.1. The van der Waals surface area contributed by atoms with E-state index in [-0.39, 0.29) is 0 Å². The average Bonchev–Trinajstić information content (AvgIpc) is 2.24. The second-order valence-electron chi connectivity index (χ2n) is 3.60. The Morgan fingerprint density at radius 3 is 2.65 bits per heavy atom. The van der Waals surface area contributed by atoms with Gasteiger partial charge in [0, 0.05) is 10.5 Å². The molecule has 1 amide bonds. The highest BCUT2D eigenvalue weighted by molar-refractivity contribution is 14.1. The highest BCUT2D eigenvalue weighted by Crippen LogP contribution is 2.19. The van der Waals surface area contributed by atoms with Crippen molar-refractivity contribution in [2.24, 2.45) is 0 Å². The molecule has 0 bridgehead atoms. The Kier molecular flexibility index (Phi) is 4.67. The Morgan fingerprint density at radius 1 is 1.53 bits per heavy atom. The number of rotatable bonds is 4. The molecular weight excluding hydrogens is 343 g/mol. The van der Waals surface area contributed by atoms with Gasteiger partial charge in [-0.2, -0.15) is 0 Å². The number of halogens is 3. The van der Waals surface area contributed by atoms with Crippen molar-refractivity contribution < 1.29 is 18.3 Å². The van der Waals surface area contributed by atoms with Gasteiger partial charge in [-0.05, 0) is 40.8 Å². The molecule has 0 saturated carbocycles. The fourth-order valence-electron chi connectivity index (χ4n) is 1.14. The molecule has 17 heavy (non-hydrogen) atoms. The van der Waals surface area contributed by atoms with Crippen molar-refractivity contribution in [2.45, 2.75) is 12.8 Å². The standard InChI is InChI=1S/C11H12F2INO2/c1-11(12,13)6-15-10(16)8-4-3-7(17-2)5-9(8)14/h3-5H,6H2,1-2H3,(H,15,16). The lowest BCUT2D eigenvalue weighted by molar-refractivity contribution is 0.0221. The molecule has 1 aromatic rings. The zero-order valence-electron chi connectivity index (χ0n) is 9.39. The second-order valence-corrected chi connectivity index (χ2v) is 4.76. The lowest BCUT2D eigenvalue weighted by atomic mass is 10.2. The SMILES string of the molecule is COc1ccc(C(=O)NCC(C)(F)F)c(I)c1. The van der Waals surface area contributed by atoms with E-state index in [9.17, 15) is 13.6 Å². The first-order chi connectivity index (χ1) is 7.83. The van der Waals surface area contributed by atoms with Crippen molar-refractivity contribution >= 4 is 28.5 Å². The molecule has 0 fully saturated rings. The lowest BCUT2D eigenvalue weighted by Crippen LogP contribution is -2.34. The largest absolute Gasteiger partial charge is 0.497 e. The summed E-state index contributed by atoms with van der Waals surface area (Å²) in [5.74, 6) is -2.81. The summed E-state index contributed by atoms with van der Waals surface area (Å²) in [6, 6.07) is 4.82. The van der Waals surface area contributed by atoms with Crippen LogP contribution in [0.2, 0.25) is 0 Å². The number of amides is 1. The van der Waals surface area contributed by atoms with Gasteiger partial charge >= 0.3 is 0 Å². The summed E-state index contributed by atoms with van der Waals surface area (Å²) in [7, 11) is 1.52. The molecule has 0 radical (unpaired) electrons. The van der Waals surface area contributed by atoms with E-state index in [1.54, 1.807) is 18.2 Å². The first-order valence-electron chi connectivity index (χ1n) is 4.83. The Labute approximate surface area is 112 Å². The summed E-state index contributed by atoms with van der Waals surface area (Å²) in [6.07, 6.45) is 0. The molecule has 0 saturated heterocycles. The Morgan fingerprint density at radius 2 is 2.18 bits per heavy atom. The van der Waals surface area contributed by atoms with Crippen LogP contribution in [-0.4, -0.2) is 25.5 Å².